The van der Waals surface area contributed by atoms with Crippen LogP contribution in [0.25, 0.3) is 6.08 Å². The van der Waals surface area contributed by atoms with E-state index in [2.05, 4.69) is 5.92 Å². The number of carbonyl (C=O) groups excluding carboxylic acids is 1. The minimum absolute atomic E-state index is 0.0952. The van der Waals surface area contributed by atoms with Crippen molar-refractivity contribution >= 4 is 40.3 Å². The standard InChI is InChI=1S/C22H19NO3S2/c1-4-11-26-18-10-9-17(12-19(18)25-3)13-20-21(24)23(22(27)28-20)14-16-7-5-15(2)6-8-16/h1,5-10,12-13H,11,14H2,2-3H3/b20-13-. The largest absolute Gasteiger partial charge is 0.493 e. The Balaban J connectivity index is 1.79. The molecule has 2 aromatic rings. The van der Waals surface area contributed by atoms with E-state index in [0.717, 1.165) is 11.1 Å². The molecule has 0 aromatic heterocycles. The van der Waals surface area contributed by atoms with Gasteiger partial charge in [0.05, 0.1) is 18.6 Å². The number of nitrogens with zero attached hydrogens (tertiary/aromatic N) is 1. The number of ether oxygens (including phenoxy) is 2. The number of thioether (sulfide) groups is 1. The van der Waals surface area contributed by atoms with Crippen LogP contribution in [0, 0.1) is 19.3 Å². The molecule has 0 aliphatic carbocycles. The summed E-state index contributed by atoms with van der Waals surface area (Å²) >= 11 is 6.72. The Hall–Kier alpha value is -2.75. The zero-order valence-corrected chi connectivity index (χ0v) is 17.2. The molecule has 2 aromatic carbocycles. The zero-order chi connectivity index (χ0) is 20.1. The van der Waals surface area contributed by atoms with E-state index in [4.69, 9.17) is 28.1 Å². The van der Waals surface area contributed by atoms with Crippen molar-refractivity contribution < 1.29 is 14.3 Å². The van der Waals surface area contributed by atoms with Gasteiger partial charge in [-0.1, -0.05) is 65.8 Å². The van der Waals surface area contributed by atoms with Gasteiger partial charge in [-0.2, -0.15) is 0 Å². The average Bonchev–Trinajstić information content (AvgIpc) is 2.95. The summed E-state index contributed by atoms with van der Waals surface area (Å²) in [5, 5.41) is 0. The molecule has 0 bridgehead atoms. The van der Waals surface area contributed by atoms with E-state index in [1.165, 1.54) is 17.3 Å². The fourth-order valence-electron chi connectivity index (χ4n) is 2.68. The Morgan fingerprint density at radius 3 is 2.64 bits per heavy atom. The highest BCUT2D eigenvalue weighted by molar-refractivity contribution is 8.26. The van der Waals surface area contributed by atoms with Crippen LogP contribution in [0.4, 0.5) is 0 Å². The first-order valence-corrected chi connectivity index (χ1v) is 9.79. The van der Waals surface area contributed by atoms with Crippen LogP contribution < -0.4 is 9.47 Å². The monoisotopic (exact) mass is 409 g/mol. The summed E-state index contributed by atoms with van der Waals surface area (Å²) in [5.41, 5.74) is 3.04. The SMILES string of the molecule is C#CCOc1ccc(/C=C2\SC(=S)N(Cc3ccc(C)cc3)C2=O)cc1OC. The summed E-state index contributed by atoms with van der Waals surface area (Å²) in [6.45, 7) is 2.65. The molecule has 1 aliphatic heterocycles. The van der Waals surface area contributed by atoms with Gasteiger partial charge in [-0.15, -0.1) is 6.42 Å². The van der Waals surface area contributed by atoms with Gasteiger partial charge in [0.15, 0.2) is 11.5 Å². The molecule has 3 rings (SSSR count). The number of hydrogen-bond donors (Lipinski definition) is 0. The molecule has 1 heterocycles. The van der Waals surface area contributed by atoms with Crippen molar-refractivity contribution in [3.8, 4) is 23.8 Å². The quantitative estimate of drug-likeness (QED) is 0.401. The summed E-state index contributed by atoms with van der Waals surface area (Å²) < 4.78 is 11.4. The second kappa shape index (κ2) is 8.96. The highest BCUT2D eigenvalue weighted by atomic mass is 32.2. The molecule has 1 fully saturated rings. The van der Waals surface area contributed by atoms with Crippen LogP contribution in [0.1, 0.15) is 16.7 Å². The lowest BCUT2D eigenvalue weighted by atomic mass is 10.1. The zero-order valence-electron chi connectivity index (χ0n) is 15.6. The maximum Gasteiger partial charge on any atom is 0.266 e. The van der Waals surface area contributed by atoms with Crippen LogP contribution in [0.2, 0.25) is 0 Å². The predicted octanol–water partition coefficient (Wildman–Crippen LogP) is 4.42. The third kappa shape index (κ3) is 4.56. The molecule has 1 saturated heterocycles. The lowest BCUT2D eigenvalue weighted by Crippen LogP contribution is -2.27. The van der Waals surface area contributed by atoms with E-state index in [9.17, 15) is 4.79 Å². The number of aryl methyl sites for hydroxylation is 1. The van der Waals surface area contributed by atoms with Crippen LogP contribution in [0.3, 0.4) is 0 Å². The Morgan fingerprint density at radius 1 is 1.21 bits per heavy atom. The second-order valence-corrected chi connectivity index (χ2v) is 7.83. The van der Waals surface area contributed by atoms with Crippen molar-refractivity contribution in [3.63, 3.8) is 0 Å². The van der Waals surface area contributed by atoms with E-state index in [1.54, 1.807) is 24.1 Å². The van der Waals surface area contributed by atoms with E-state index in [-0.39, 0.29) is 12.5 Å². The highest BCUT2D eigenvalue weighted by Crippen LogP contribution is 2.35. The molecule has 1 aliphatic rings. The molecular weight excluding hydrogens is 390 g/mol. The molecule has 28 heavy (non-hydrogen) atoms. The van der Waals surface area contributed by atoms with Gasteiger partial charge in [0.25, 0.3) is 5.91 Å². The molecular formula is C22H19NO3S2. The van der Waals surface area contributed by atoms with Crippen molar-refractivity contribution in [3.05, 3.63) is 64.1 Å². The van der Waals surface area contributed by atoms with E-state index < -0.39 is 0 Å². The molecule has 4 nitrogen and oxygen atoms in total. The third-order valence-corrected chi connectivity index (χ3v) is 5.51. The summed E-state index contributed by atoms with van der Waals surface area (Å²) in [6.07, 6.45) is 7.04. The van der Waals surface area contributed by atoms with Crippen molar-refractivity contribution in [2.75, 3.05) is 13.7 Å². The van der Waals surface area contributed by atoms with Gasteiger partial charge < -0.3 is 9.47 Å². The number of rotatable bonds is 6. The fraction of sp³-hybridized carbons (Fsp3) is 0.182. The number of terminal acetylenes is 1. The van der Waals surface area contributed by atoms with Crippen molar-refractivity contribution in [2.24, 2.45) is 0 Å². The Labute approximate surface area is 174 Å². The molecule has 0 atom stereocenters. The lowest BCUT2D eigenvalue weighted by molar-refractivity contribution is -0.122. The summed E-state index contributed by atoms with van der Waals surface area (Å²) in [4.78, 5) is 15.0. The first kappa shape index (κ1) is 20.0. The number of hydrogen-bond acceptors (Lipinski definition) is 5. The van der Waals surface area contributed by atoms with Crippen LogP contribution in [-0.2, 0) is 11.3 Å². The van der Waals surface area contributed by atoms with Crippen LogP contribution in [0.15, 0.2) is 47.4 Å². The van der Waals surface area contributed by atoms with Crippen LogP contribution in [-0.4, -0.2) is 28.8 Å². The number of methoxy groups -OCH3 is 1. The normalized spacial score (nSPS) is 15.0. The second-order valence-electron chi connectivity index (χ2n) is 6.16. The molecule has 142 valence electrons. The lowest BCUT2D eigenvalue weighted by Gasteiger charge is -2.14. The van der Waals surface area contributed by atoms with E-state index in [1.807, 2.05) is 43.3 Å². The van der Waals surface area contributed by atoms with Crippen LogP contribution in [0.5, 0.6) is 11.5 Å². The fourth-order valence-corrected chi connectivity index (χ4v) is 3.93. The first-order valence-electron chi connectivity index (χ1n) is 8.57. The molecule has 6 heteroatoms. The maximum absolute atomic E-state index is 12.8. The van der Waals surface area contributed by atoms with Gasteiger partial charge in [0, 0.05) is 0 Å². The number of benzene rings is 2. The van der Waals surface area contributed by atoms with E-state index in [0.29, 0.717) is 27.3 Å². The number of amides is 1. The Bertz CT molecular complexity index is 974. The topological polar surface area (TPSA) is 38.8 Å². The molecule has 0 radical (unpaired) electrons. The molecule has 0 unspecified atom stereocenters. The van der Waals surface area contributed by atoms with Gasteiger partial charge in [-0.25, -0.2) is 0 Å². The number of carbonyl (C=O) groups is 1. The molecule has 0 N–H and O–H groups in total. The third-order valence-electron chi connectivity index (χ3n) is 4.13. The maximum atomic E-state index is 12.8. The Kier molecular flexibility index (Phi) is 6.40. The van der Waals surface area contributed by atoms with Gasteiger partial charge in [0.1, 0.15) is 10.9 Å². The first-order chi connectivity index (χ1) is 13.5. The smallest absolute Gasteiger partial charge is 0.266 e. The minimum Gasteiger partial charge on any atom is -0.493 e. The van der Waals surface area contributed by atoms with Crippen molar-refractivity contribution in [1.82, 2.24) is 4.90 Å². The average molecular weight is 410 g/mol. The van der Waals surface area contributed by atoms with Gasteiger partial charge >= 0.3 is 0 Å². The highest BCUT2D eigenvalue weighted by Gasteiger charge is 2.32. The molecule has 0 saturated carbocycles. The van der Waals surface area contributed by atoms with Crippen molar-refractivity contribution in [1.29, 1.82) is 0 Å². The molecule has 1 amide bonds. The van der Waals surface area contributed by atoms with Gasteiger partial charge in [-0.05, 0) is 36.3 Å². The Morgan fingerprint density at radius 2 is 1.96 bits per heavy atom. The predicted molar refractivity (Wildman–Crippen MR) is 117 cm³/mol. The molecule has 0 spiro atoms. The summed E-state index contributed by atoms with van der Waals surface area (Å²) in [7, 11) is 1.56. The van der Waals surface area contributed by atoms with Crippen LogP contribution >= 0.6 is 24.0 Å². The summed E-state index contributed by atoms with van der Waals surface area (Å²) in [6, 6.07) is 13.5. The van der Waals surface area contributed by atoms with Gasteiger partial charge in [-0.3, -0.25) is 9.69 Å². The summed E-state index contributed by atoms with van der Waals surface area (Å²) in [5.74, 6) is 3.44. The minimum atomic E-state index is -0.0952. The van der Waals surface area contributed by atoms with Crippen molar-refractivity contribution in [2.45, 2.75) is 13.5 Å². The van der Waals surface area contributed by atoms with Gasteiger partial charge in [0.2, 0.25) is 0 Å². The number of thiocarbonyl (C=S) groups is 1. The van der Waals surface area contributed by atoms with E-state index >= 15 is 0 Å².